The molecule has 0 radical (unpaired) electrons. The number of pyridine rings is 1. The van der Waals surface area contributed by atoms with E-state index in [1.807, 2.05) is 0 Å². The topological polar surface area (TPSA) is 115 Å². The van der Waals surface area contributed by atoms with E-state index in [1.54, 1.807) is 0 Å². The van der Waals surface area contributed by atoms with Crippen LogP contribution >= 0.6 is 0 Å². The second kappa shape index (κ2) is 8.48. The molecule has 0 fully saturated rings. The largest absolute Gasteiger partial charge is 0.494 e. The van der Waals surface area contributed by atoms with Crippen LogP contribution in [0.1, 0.15) is 6.42 Å². The normalized spacial score (nSPS) is 12.5. The zero-order valence-corrected chi connectivity index (χ0v) is 15.8. The first-order chi connectivity index (χ1) is 13.1. The Balaban J connectivity index is 2.32. The Morgan fingerprint density at radius 2 is 1.96 bits per heavy atom. The van der Waals surface area contributed by atoms with E-state index >= 15 is 0 Å². The molecular formula is C17H18F2N2O6S. The molecule has 2 aromatic rings. The monoisotopic (exact) mass is 416 g/mol. The van der Waals surface area contributed by atoms with Gasteiger partial charge in [-0.1, -0.05) is 6.07 Å². The Morgan fingerprint density at radius 3 is 2.50 bits per heavy atom. The van der Waals surface area contributed by atoms with Crippen molar-refractivity contribution < 1.29 is 31.9 Å². The molecule has 0 bridgehead atoms. The molecule has 0 saturated heterocycles. The molecule has 0 aliphatic rings. The highest BCUT2D eigenvalue weighted by Gasteiger charge is 2.28. The van der Waals surface area contributed by atoms with E-state index in [4.69, 9.17) is 9.94 Å². The Kier molecular flexibility index (Phi) is 6.52. The molecule has 0 aliphatic heterocycles. The molecule has 1 aromatic heterocycles. The van der Waals surface area contributed by atoms with E-state index in [1.165, 1.54) is 24.7 Å². The molecule has 28 heavy (non-hydrogen) atoms. The minimum atomic E-state index is -3.87. The van der Waals surface area contributed by atoms with Crippen LogP contribution in [-0.4, -0.2) is 42.7 Å². The molecule has 0 spiro atoms. The number of hydrogen-bond donors (Lipinski definition) is 2. The van der Waals surface area contributed by atoms with Crippen molar-refractivity contribution in [3.63, 3.8) is 0 Å². The van der Waals surface area contributed by atoms with Crippen molar-refractivity contribution in [2.75, 3.05) is 13.4 Å². The second-order valence-electron chi connectivity index (χ2n) is 6.00. The number of nitrogens with one attached hydrogen (secondary N) is 1. The summed E-state index contributed by atoms with van der Waals surface area (Å²) in [4.78, 5) is 23.8. The number of benzene rings is 1. The summed E-state index contributed by atoms with van der Waals surface area (Å²) in [7, 11) is -2.59. The van der Waals surface area contributed by atoms with Crippen molar-refractivity contribution >= 4 is 15.7 Å². The predicted molar refractivity (Wildman–Crippen MR) is 95.8 cm³/mol. The molecular weight excluding hydrogens is 398 g/mol. The standard InChI is InChI=1S/C17H18F2N2O6S/c1-27-14-4-3-10(7-12(14)18)11-8-16(22)21(9-13(11)19)6-5-15(17(23)20-24)28(2,25)26/h3-4,7-9,15,24H,5-6H2,1-2H3,(H,20,23)/t15-/m1/s1. The van der Waals surface area contributed by atoms with Gasteiger partial charge in [-0.25, -0.2) is 22.7 Å². The number of sulfone groups is 1. The van der Waals surface area contributed by atoms with Crippen LogP contribution in [-0.2, 0) is 21.2 Å². The number of amides is 1. The third kappa shape index (κ3) is 4.73. The Morgan fingerprint density at radius 1 is 1.29 bits per heavy atom. The van der Waals surface area contributed by atoms with Gasteiger partial charge in [0.1, 0.15) is 11.1 Å². The van der Waals surface area contributed by atoms with Crippen LogP contribution in [0.2, 0.25) is 0 Å². The molecule has 1 atom stereocenters. The van der Waals surface area contributed by atoms with Crippen LogP contribution in [0.25, 0.3) is 11.1 Å². The summed E-state index contributed by atoms with van der Waals surface area (Å²) in [6, 6.07) is 4.64. The number of aromatic nitrogens is 1. The van der Waals surface area contributed by atoms with Crippen LogP contribution in [0.3, 0.4) is 0 Å². The minimum absolute atomic E-state index is 0.0357. The quantitative estimate of drug-likeness (QED) is 0.516. The third-order valence-electron chi connectivity index (χ3n) is 4.09. The van der Waals surface area contributed by atoms with E-state index in [-0.39, 0.29) is 29.8 Å². The van der Waals surface area contributed by atoms with E-state index in [9.17, 15) is 26.8 Å². The minimum Gasteiger partial charge on any atom is -0.494 e. The number of hydrogen-bond acceptors (Lipinski definition) is 6. The van der Waals surface area contributed by atoms with Gasteiger partial charge in [-0.3, -0.25) is 14.8 Å². The SMILES string of the molecule is COc1ccc(-c2cc(=O)n(CC[C@H](C(=O)NO)S(C)(=O)=O)cc2F)cc1F. The molecule has 0 aliphatic carbocycles. The van der Waals surface area contributed by atoms with Crippen molar-refractivity contribution in [1.29, 1.82) is 0 Å². The summed E-state index contributed by atoms with van der Waals surface area (Å²) in [6.07, 6.45) is 1.29. The van der Waals surface area contributed by atoms with Crippen LogP contribution < -0.4 is 15.8 Å². The fraction of sp³-hybridized carbons (Fsp3) is 0.294. The van der Waals surface area contributed by atoms with Crippen molar-refractivity contribution in [1.82, 2.24) is 10.0 Å². The molecule has 0 unspecified atom stereocenters. The van der Waals surface area contributed by atoms with Crippen LogP contribution in [0.4, 0.5) is 8.78 Å². The van der Waals surface area contributed by atoms with Gasteiger partial charge in [0.2, 0.25) is 0 Å². The number of halogens is 2. The highest BCUT2D eigenvalue weighted by Crippen LogP contribution is 2.26. The maximum absolute atomic E-state index is 14.5. The first-order valence-corrected chi connectivity index (χ1v) is 9.90. The van der Waals surface area contributed by atoms with Crippen molar-refractivity contribution in [2.45, 2.75) is 18.2 Å². The molecule has 1 heterocycles. The Hall–Kier alpha value is -2.79. The number of nitrogens with zero attached hydrogens (tertiary/aromatic N) is 1. The zero-order valence-electron chi connectivity index (χ0n) is 15.0. The summed E-state index contributed by atoms with van der Waals surface area (Å²) >= 11 is 0. The first-order valence-electron chi connectivity index (χ1n) is 7.95. The van der Waals surface area contributed by atoms with Gasteiger partial charge in [-0.05, 0) is 24.1 Å². The second-order valence-corrected chi connectivity index (χ2v) is 8.23. The number of hydroxylamine groups is 1. The fourth-order valence-corrected chi connectivity index (χ4v) is 3.62. The summed E-state index contributed by atoms with van der Waals surface area (Å²) in [5.74, 6) is -2.76. The van der Waals surface area contributed by atoms with Gasteiger partial charge in [0, 0.05) is 30.6 Å². The van der Waals surface area contributed by atoms with Gasteiger partial charge < -0.3 is 9.30 Å². The third-order valence-corrected chi connectivity index (χ3v) is 5.58. The van der Waals surface area contributed by atoms with Gasteiger partial charge in [0.05, 0.1) is 7.11 Å². The lowest BCUT2D eigenvalue weighted by molar-refractivity contribution is -0.128. The van der Waals surface area contributed by atoms with Crippen molar-refractivity contribution in [2.24, 2.45) is 0 Å². The molecule has 8 nitrogen and oxygen atoms in total. The zero-order chi connectivity index (χ0) is 21.1. The smallest absolute Gasteiger partial charge is 0.261 e. The maximum atomic E-state index is 14.5. The molecule has 11 heteroatoms. The van der Waals surface area contributed by atoms with Gasteiger partial charge in [0.15, 0.2) is 21.4 Å². The summed E-state index contributed by atoms with van der Waals surface area (Å²) in [5, 5.41) is 7.05. The summed E-state index contributed by atoms with van der Waals surface area (Å²) in [5.41, 5.74) is 0.553. The fourth-order valence-electron chi connectivity index (χ4n) is 2.64. The number of carbonyl (C=O) groups excluding carboxylic acids is 1. The molecule has 1 amide bonds. The Labute approximate surface area is 159 Å². The number of rotatable bonds is 7. The lowest BCUT2D eigenvalue weighted by Gasteiger charge is -2.14. The van der Waals surface area contributed by atoms with Gasteiger partial charge >= 0.3 is 0 Å². The maximum Gasteiger partial charge on any atom is 0.261 e. The molecule has 2 N–H and O–H groups in total. The predicted octanol–water partition coefficient (Wildman–Crippen LogP) is 1.11. The molecule has 0 saturated carbocycles. The number of ether oxygens (including phenoxy) is 1. The van der Waals surface area contributed by atoms with E-state index in [2.05, 4.69) is 0 Å². The lowest BCUT2D eigenvalue weighted by atomic mass is 10.1. The van der Waals surface area contributed by atoms with Gasteiger partial charge in [-0.15, -0.1) is 0 Å². The average Bonchev–Trinajstić information content (AvgIpc) is 2.62. The lowest BCUT2D eigenvalue weighted by Crippen LogP contribution is -2.39. The molecule has 2 rings (SSSR count). The van der Waals surface area contributed by atoms with E-state index in [0.717, 1.165) is 29.2 Å². The first kappa shape index (κ1) is 21.5. The summed E-state index contributed by atoms with van der Waals surface area (Å²) < 4.78 is 57.3. The Bertz CT molecular complexity index is 1050. The number of aryl methyl sites for hydroxylation is 1. The van der Waals surface area contributed by atoms with Crippen molar-refractivity contribution in [3.05, 3.63) is 52.5 Å². The van der Waals surface area contributed by atoms with E-state index < -0.39 is 38.2 Å². The van der Waals surface area contributed by atoms with Crippen LogP contribution in [0.5, 0.6) is 5.75 Å². The molecule has 152 valence electrons. The van der Waals surface area contributed by atoms with E-state index in [0.29, 0.717) is 0 Å². The van der Waals surface area contributed by atoms with Crippen molar-refractivity contribution in [3.8, 4) is 16.9 Å². The highest BCUT2D eigenvalue weighted by atomic mass is 32.2. The summed E-state index contributed by atoms with van der Waals surface area (Å²) in [6.45, 7) is -0.293. The molecule has 1 aromatic carbocycles. The van der Waals surface area contributed by atoms with Gasteiger partial charge in [-0.2, -0.15) is 0 Å². The number of carbonyl (C=O) groups is 1. The number of methoxy groups -OCH3 is 1. The highest BCUT2D eigenvalue weighted by molar-refractivity contribution is 7.92. The van der Waals surface area contributed by atoms with Crippen LogP contribution in [0.15, 0.2) is 35.3 Å². The van der Waals surface area contributed by atoms with Gasteiger partial charge in [0.25, 0.3) is 11.5 Å². The van der Waals surface area contributed by atoms with Crippen LogP contribution in [0, 0.1) is 11.6 Å². The average molecular weight is 416 g/mol.